The van der Waals surface area contributed by atoms with Crippen LogP contribution in [0.1, 0.15) is 18.4 Å². The van der Waals surface area contributed by atoms with E-state index in [1.54, 1.807) is 0 Å². The molecule has 1 saturated heterocycles. The normalized spacial score (nSPS) is 19.9. The topological polar surface area (TPSA) is 70.6 Å². The van der Waals surface area contributed by atoms with Crippen LogP contribution in [0.25, 0.3) is 11.0 Å². The van der Waals surface area contributed by atoms with Gasteiger partial charge < -0.3 is 14.4 Å². The molecule has 8 heteroatoms. The van der Waals surface area contributed by atoms with Gasteiger partial charge in [-0.15, -0.1) is 0 Å². The lowest BCUT2D eigenvalue weighted by Crippen LogP contribution is -2.58. The molecule has 2 aromatic carbocycles. The molecule has 166 valence electrons. The Labute approximate surface area is 186 Å². The molecule has 1 fully saturated rings. The van der Waals surface area contributed by atoms with E-state index in [2.05, 4.69) is 15.5 Å². The predicted molar refractivity (Wildman–Crippen MR) is 122 cm³/mol. The minimum atomic E-state index is -0.235. The van der Waals surface area contributed by atoms with Gasteiger partial charge in [-0.1, -0.05) is 24.3 Å². The number of halogens is 1. The third kappa shape index (κ3) is 3.71. The van der Waals surface area contributed by atoms with Gasteiger partial charge >= 0.3 is 0 Å². The van der Waals surface area contributed by atoms with Gasteiger partial charge in [0.2, 0.25) is 5.95 Å². The van der Waals surface area contributed by atoms with Gasteiger partial charge in [0.25, 0.3) is 5.91 Å². The Bertz CT molecular complexity index is 1150. The molecule has 5 rings (SSSR count). The second kappa shape index (κ2) is 8.27. The Hall–Kier alpha value is -3.39. The van der Waals surface area contributed by atoms with Crippen LogP contribution < -0.4 is 10.7 Å². The van der Waals surface area contributed by atoms with Crippen molar-refractivity contribution in [1.82, 2.24) is 19.5 Å². The van der Waals surface area contributed by atoms with Crippen molar-refractivity contribution in [2.75, 3.05) is 25.0 Å². The Morgan fingerprint density at radius 1 is 1.09 bits per heavy atom. The van der Waals surface area contributed by atoms with Crippen LogP contribution in [0.2, 0.25) is 0 Å². The quantitative estimate of drug-likeness (QED) is 0.505. The van der Waals surface area contributed by atoms with Crippen molar-refractivity contribution in [3.63, 3.8) is 0 Å². The van der Waals surface area contributed by atoms with E-state index >= 15 is 0 Å². The molecule has 1 amide bonds. The second-order valence-corrected chi connectivity index (χ2v) is 8.58. The first-order valence-electron chi connectivity index (χ1n) is 10.9. The SMILES string of the molecule is CN1C=CC(=O)N(N)C1C1CCN(c2nc3ccccc3n2Cc2ccc(F)cc2)CC1. The number of carbonyl (C=O) groups is 1. The lowest BCUT2D eigenvalue weighted by Gasteiger charge is -2.44. The number of anilines is 1. The molecule has 2 aliphatic rings. The average Bonchev–Trinajstić information content (AvgIpc) is 3.17. The van der Waals surface area contributed by atoms with Gasteiger partial charge in [-0.05, 0) is 42.7 Å². The van der Waals surface area contributed by atoms with E-state index in [9.17, 15) is 9.18 Å². The van der Waals surface area contributed by atoms with Crippen molar-refractivity contribution in [1.29, 1.82) is 0 Å². The number of amides is 1. The molecule has 0 saturated carbocycles. The van der Waals surface area contributed by atoms with Gasteiger partial charge in [0, 0.05) is 38.3 Å². The largest absolute Gasteiger partial charge is 0.359 e. The van der Waals surface area contributed by atoms with Crippen molar-refractivity contribution < 1.29 is 9.18 Å². The van der Waals surface area contributed by atoms with Gasteiger partial charge in [-0.25, -0.2) is 15.2 Å². The van der Waals surface area contributed by atoms with E-state index in [-0.39, 0.29) is 23.8 Å². The third-order valence-corrected chi connectivity index (χ3v) is 6.54. The van der Waals surface area contributed by atoms with Gasteiger partial charge in [-0.3, -0.25) is 9.80 Å². The summed E-state index contributed by atoms with van der Waals surface area (Å²) in [6.07, 6.45) is 4.99. The minimum absolute atomic E-state index is 0.132. The number of nitrogens with zero attached hydrogens (tertiary/aromatic N) is 5. The zero-order valence-corrected chi connectivity index (χ0v) is 18.1. The number of carbonyl (C=O) groups excluding carboxylic acids is 1. The van der Waals surface area contributed by atoms with E-state index in [0.29, 0.717) is 6.54 Å². The minimum Gasteiger partial charge on any atom is -0.359 e. The molecule has 0 radical (unpaired) electrons. The van der Waals surface area contributed by atoms with Gasteiger partial charge in [0.05, 0.1) is 17.6 Å². The van der Waals surface area contributed by atoms with Crippen LogP contribution in [-0.2, 0) is 11.3 Å². The molecule has 7 nitrogen and oxygen atoms in total. The zero-order chi connectivity index (χ0) is 22.2. The number of benzene rings is 2. The number of para-hydroxylation sites is 2. The van der Waals surface area contributed by atoms with E-state index in [1.807, 2.05) is 48.5 Å². The third-order valence-electron chi connectivity index (χ3n) is 6.54. The lowest BCUT2D eigenvalue weighted by molar-refractivity contribution is -0.136. The molecule has 0 bridgehead atoms. The first-order chi connectivity index (χ1) is 15.5. The molecular weight excluding hydrogens is 407 g/mol. The van der Waals surface area contributed by atoms with E-state index in [0.717, 1.165) is 48.5 Å². The summed E-state index contributed by atoms with van der Waals surface area (Å²) in [5.41, 5.74) is 3.03. The molecule has 1 aromatic heterocycles. The summed E-state index contributed by atoms with van der Waals surface area (Å²) >= 11 is 0. The summed E-state index contributed by atoms with van der Waals surface area (Å²) < 4.78 is 15.6. The maximum Gasteiger partial charge on any atom is 0.263 e. The molecule has 3 heterocycles. The van der Waals surface area contributed by atoms with Gasteiger partial charge in [0.1, 0.15) is 12.0 Å². The first kappa shape index (κ1) is 20.5. The second-order valence-electron chi connectivity index (χ2n) is 8.58. The van der Waals surface area contributed by atoms with Crippen molar-refractivity contribution >= 4 is 22.9 Å². The number of fused-ring (bicyclic) bond motifs is 1. The van der Waals surface area contributed by atoms with E-state index in [1.165, 1.54) is 23.2 Å². The first-order valence-corrected chi connectivity index (χ1v) is 10.9. The van der Waals surface area contributed by atoms with Gasteiger partial charge in [0.15, 0.2) is 0 Å². The highest BCUT2D eigenvalue weighted by atomic mass is 19.1. The fourth-order valence-electron chi connectivity index (χ4n) is 4.87. The number of aromatic nitrogens is 2. The monoisotopic (exact) mass is 434 g/mol. The highest BCUT2D eigenvalue weighted by Gasteiger charge is 2.36. The average molecular weight is 435 g/mol. The van der Waals surface area contributed by atoms with Crippen LogP contribution in [0.3, 0.4) is 0 Å². The smallest absolute Gasteiger partial charge is 0.263 e. The molecule has 2 aliphatic heterocycles. The Kier molecular flexibility index (Phi) is 5.30. The van der Waals surface area contributed by atoms with Crippen LogP contribution in [0.15, 0.2) is 60.8 Å². The van der Waals surface area contributed by atoms with Crippen molar-refractivity contribution in [2.45, 2.75) is 25.6 Å². The number of hydrazine groups is 1. The summed E-state index contributed by atoms with van der Waals surface area (Å²) in [6, 6.07) is 14.7. The van der Waals surface area contributed by atoms with Crippen LogP contribution in [0.4, 0.5) is 10.3 Å². The predicted octanol–water partition coefficient (Wildman–Crippen LogP) is 2.93. The molecule has 0 aliphatic carbocycles. The molecule has 0 spiro atoms. The van der Waals surface area contributed by atoms with E-state index in [4.69, 9.17) is 10.8 Å². The maximum absolute atomic E-state index is 13.4. The Morgan fingerprint density at radius 3 is 2.56 bits per heavy atom. The molecule has 2 N–H and O–H groups in total. The molecule has 1 unspecified atom stereocenters. The van der Waals surface area contributed by atoms with E-state index < -0.39 is 0 Å². The number of hydrogen-bond acceptors (Lipinski definition) is 5. The summed E-state index contributed by atoms with van der Waals surface area (Å²) in [4.78, 5) is 21.3. The maximum atomic E-state index is 13.4. The van der Waals surface area contributed by atoms with Gasteiger partial charge in [-0.2, -0.15) is 0 Å². The van der Waals surface area contributed by atoms with Crippen molar-refractivity contribution in [3.8, 4) is 0 Å². The van der Waals surface area contributed by atoms with Crippen LogP contribution in [0, 0.1) is 11.7 Å². The number of piperidine rings is 1. The highest BCUT2D eigenvalue weighted by molar-refractivity contribution is 5.88. The highest BCUT2D eigenvalue weighted by Crippen LogP contribution is 2.31. The molecular formula is C24H27FN6O. The Morgan fingerprint density at radius 2 is 1.81 bits per heavy atom. The molecule has 32 heavy (non-hydrogen) atoms. The number of hydrogen-bond donors (Lipinski definition) is 1. The summed E-state index contributed by atoms with van der Waals surface area (Å²) in [5.74, 6) is 6.91. The Balaban J connectivity index is 1.39. The van der Waals surface area contributed by atoms with Crippen molar-refractivity contribution in [3.05, 3.63) is 72.2 Å². The molecule has 3 aromatic rings. The summed E-state index contributed by atoms with van der Waals surface area (Å²) in [5, 5.41) is 1.35. The van der Waals surface area contributed by atoms with Crippen LogP contribution >= 0.6 is 0 Å². The number of rotatable bonds is 4. The summed E-state index contributed by atoms with van der Waals surface area (Å²) in [6.45, 7) is 2.28. The number of imidazole rings is 1. The fourth-order valence-corrected chi connectivity index (χ4v) is 4.87. The van der Waals surface area contributed by atoms with Crippen LogP contribution in [0.5, 0.6) is 0 Å². The molecule has 1 atom stereocenters. The fraction of sp³-hybridized carbons (Fsp3) is 0.333. The zero-order valence-electron chi connectivity index (χ0n) is 18.1. The lowest BCUT2D eigenvalue weighted by atomic mass is 9.92. The summed E-state index contributed by atoms with van der Waals surface area (Å²) in [7, 11) is 1.96. The van der Waals surface area contributed by atoms with Crippen LogP contribution in [-0.4, -0.2) is 51.7 Å². The number of nitrogens with two attached hydrogens (primary N) is 1. The standard InChI is InChI=1S/C24H27FN6O/c1-28-13-12-22(32)31(26)23(28)18-10-14-29(15-11-18)24-27-20-4-2-3-5-21(20)30(24)16-17-6-8-19(25)9-7-17/h2-9,12-13,18,23H,10-11,14-16,26H2,1H3. The van der Waals surface area contributed by atoms with Crippen molar-refractivity contribution in [2.24, 2.45) is 11.8 Å².